The van der Waals surface area contributed by atoms with E-state index in [4.69, 9.17) is 9.47 Å². The average molecular weight is 274 g/mol. The number of esters is 2. The van der Waals surface area contributed by atoms with Crippen LogP contribution in [0.4, 0.5) is 0 Å². The monoisotopic (exact) mass is 274 g/mol. The van der Waals surface area contributed by atoms with Crippen LogP contribution in [0.25, 0.3) is 0 Å². The molecule has 104 valence electrons. The van der Waals surface area contributed by atoms with Gasteiger partial charge in [0.1, 0.15) is 0 Å². The number of rotatable bonds is 6. The fourth-order valence-corrected chi connectivity index (χ4v) is 3.05. The molecule has 0 saturated heterocycles. The first-order valence-electron chi connectivity index (χ1n) is 6.66. The molecule has 5 heteroatoms. The molecule has 0 aromatic rings. The van der Waals surface area contributed by atoms with E-state index < -0.39 is 0 Å². The van der Waals surface area contributed by atoms with Gasteiger partial charge in [0.15, 0.2) is 0 Å². The summed E-state index contributed by atoms with van der Waals surface area (Å²) in [7, 11) is 2.80. The highest BCUT2D eigenvalue weighted by Gasteiger charge is 2.36. The van der Waals surface area contributed by atoms with Crippen molar-refractivity contribution in [2.24, 2.45) is 11.8 Å². The molecule has 1 fully saturated rings. The zero-order valence-electron chi connectivity index (χ0n) is 11.2. The lowest BCUT2D eigenvalue weighted by Crippen LogP contribution is -2.28. The Bertz CT molecular complexity index is 293. The summed E-state index contributed by atoms with van der Waals surface area (Å²) in [6.45, 7) is 4.26. The molecule has 1 saturated carbocycles. The molecule has 4 nitrogen and oxygen atoms in total. The highest BCUT2D eigenvalue weighted by molar-refractivity contribution is 7.17. The van der Waals surface area contributed by atoms with Gasteiger partial charge in [-0.05, 0) is 44.7 Å². The largest absolute Gasteiger partial charge is 0.466 e. The van der Waals surface area contributed by atoms with E-state index in [2.05, 4.69) is 9.24 Å². The lowest BCUT2D eigenvalue weighted by Gasteiger charge is -2.21. The molecular formula is C13H23O4P. The van der Waals surface area contributed by atoms with Gasteiger partial charge in [0.2, 0.25) is 0 Å². The summed E-state index contributed by atoms with van der Waals surface area (Å²) in [5.74, 6) is -0.650. The van der Waals surface area contributed by atoms with Crippen molar-refractivity contribution in [2.75, 3.05) is 13.2 Å². The topological polar surface area (TPSA) is 52.6 Å². The molecule has 0 aromatic heterocycles. The molecule has 0 aliphatic heterocycles. The number of hydrogen-bond acceptors (Lipinski definition) is 4. The second-order valence-electron chi connectivity index (χ2n) is 4.70. The van der Waals surface area contributed by atoms with Crippen molar-refractivity contribution in [1.82, 2.24) is 0 Å². The van der Waals surface area contributed by atoms with E-state index >= 15 is 0 Å². The van der Waals surface area contributed by atoms with E-state index in [1.54, 1.807) is 13.8 Å². The maximum Gasteiger partial charge on any atom is 0.309 e. The second-order valence-corrected chi connectivity index (χ2v) is 5.64. The van der Waals surface area contributed by atoms with Gasteiger partial charge in [0, 0.05) is 0 Å². The average Bonchev–Trinajstić information content (AvgIpc) is 2.73. The Balaban J connectivity index is 2.62. The van der Waals surface area contributed by atoms with Crippen LogP contribution in [-0.4, -0.2) is 30.8 Å². The first-order chi connectivity index (χ1) is 8.58. The summed E-state index contributed by atoms with van der Waals surface area (Å²) < 4.78 is 10.0. The zero-order chi connectivity index (χ0) is 13.5. The standard InChI is InChI=1S/C13H23O4P/c1-3-16-12(14)8-11(13(15)17-4-2)9-5-6-10(18)7-9/h9-11H,3-8,18H2,1-2H3/t9?,10?,11-/m1/s1. The Kier molecular flexibility index (Phi) is 6.62. The van der Waals surface area contributed by atoms with Gasteiger partial charge in [-0.15, -0.1) is 9.24 Å². The van der Waals surface area contributed by atoms with Crippen molar-refractivity contribution < 1.29 is 19.1 Å². The van der Waals surface area contributed by atoms with Crippen LogP contribution < -0.4 is 0 Å². The lowest BCUT2D eigenvalue weighted by atomic mass is 9.88. The molecule has 0 heterocycles. The minimum Gasteiger partial charge on any atom is -0.466 e. The molecule has 0 N–H and O–H groups in total. The fraction of sp³-hybridized carbons (Fsp3) is 0.846. The molecule has 0 radical (unpaired) electrons. The van der Waals surface area contributed by atoms with Gasteiger partial charge in [-0.1, -0.05) is 0 Å². The Labute approximate surface area is 111 Å². The third kappa shape index (κ3) is 4.56. The van der Waals surface area contributed by atoms with Crippen molar-refractivity contribution in [2.45, 2.75) is 45.2 Å². The van der Waals surface area contributed by atoms with Crippen molar-refractivity contribution in [3.63, 3.8) is 0 Å². The van der Waals surface area contributed by atoms with Gasteiger partial charge < -0.3 is 9.47 Å². The van der Waals surface area contributed by atoms with Gasteiger partial charge in [-0.2, -0.15) is 0 Å². The van der Waals surface area contributed by atoms with Crippen LogP contribution in [0.3, 0.4) is 0 Å². The van der Waals surface area contributed by atoms with E-state index in [0.29, 0.717) is 18.9 Å². The molecule has 0 amide bonds. The van der Waals surface area contributed by atoms with Crippen molar-refractivity contribution in [1.29, 1.82) is 0 Å². The van der Waals surface area contributed by atoms with Crippen LogP contribution in [0.1, 0.15) is 39.5 Å². The van der Waals surface area contributed by atoms with Crippen molar-refractivity contribution in [3.8, 4) is 0 Å². The summed E-state index contributed by atoms with van der Waals surface area (Å²) in [6.07, 6.45) is 3.19. The highest BCUT2D eigenvalue weighted by Crippen LogP contribution is 2.37. The Morgan fingerprint density at radius 3 is 2.39 bits per heavy atom. The lowest BCUT2D eigenvalue weighted by molar-refractivity contribution is -0.156. The van der Waals surface area contributed by atoms with E-state index in [1.165, 1.54) is 0 Å². The highest BCUT2D eigenvalue weighted by atomic mass is 31.0. The molecule has 1 rings (SSSR count). The van der Waals surface area contributed by atoms with Crippen molar-refractivity contribution >= 4 is 21.2 Å². The second kappa shape index (κ2) is 7.73. The molecule has 4 atom stereocenters. The molecule has 0 bridgehead atoms. The maximum atomic E-state index is 11.9. The number of carbonyl (C=O) groups is 2. The van der Waals surface area contributed by atoms with E-state index in [1.807, 2.05) is 0 Å². The molecule has 0 spiro atoms. The first-order valence-corrected chi connectivity index (χ1v) is 7.32. The molecule has 18 heavy (non-hydrogen) atoms. The third-order valence-corrected chi connectivity index (χ3v) is 3.97. The van der Waals surface area contributed by atoms with Gasteiger partial charge in [-0.25, -0.2) is 0 Å². The van der Waals surface area contributed by atoms with Gasteiger partial charge in [0.25, 0.3) is 0 Å². The van der Waals surface area contributed by atoms with Gasteiger partial charge >= 0.3 is 11.9 Å². The molecular weight excluding hydrogens is 251 g/mol. The van der Waals surface area contributed by atoms with Crippen LogP contribution in [0, 0.1) is 11.8 Å². The molecule has 0 aromatic carbocycles. The van der Waals surface area contributed by atoms with E-state index in [0.717, 1.165) is 19.3 Å². The third-order valence-electron chi connectivity index (χ3n) is 3.36. The van der Waals surface area contributed by atoms with Crippen LogP contribution >= 0.6 is 9.24 Å². The smallest absolute Gasteiger partial charge is 0.309 e. The quantitative estimate of drug-likeness (QED) is 0.550. The predicted octanol–water partition coefficient (Wildman–Crippen LogP) is 2.16. The molecule has 3 unspecified atom stereocenters. The number of carbonyl (C=O) groups excluding carboxylic acids is 2. The zero-order valence-corrected chi connectivity index (χ0v) is 12.3. The maximum absolute atomic E-state index is 11.9. The van der Waals surface area contributed by atoms with E-state index in [-0.39, 0.29) is 30.2 Å². The van der Waals surface area contributed by atoms with E-state index in [9.17, 15) is 9.59 Å². The number of ether oxygens (including phenoxy) is 2. The summed E-state index contributed by atoms with van der Waals surface area (Å²) in [6, 6.07) is 0. The predicted molar refractivity (Wildman–Crippen MR) is 72.2 cm³/mol. The summed E-state index contributed by atoms with van der Waals surface area (Å²) >= 11 is 0. The Morgan fingerprint density at radius 2 is 1.89 bits per heavy atom. The first kappa shape index (κ1) is 15.4. The summed E-state index contributed by atoms with van der Waals surface area (Å²) in [5.41, 5.74) is 0.550. The Morgan fingerprint density at radius 1 is 1.22 bits per heavy atom. The SMILES string of the molecule is CCOC(=O)C[C@@H](C(=O)OCC)C1CCC(P)C1. The van der Waals surface area contributed by atoms with Crippen molar-refractivity contribution in [3.05, 3.63) is 0 Å². The van der Waals surface area contributed by atoms with Crippen LogP contribution in [-0.2, 0) is 19.1 Å². The summed E-state index contributed by atoms with van der Waals surface area (Å²) in [4.78, 5) is 23.5. The molecule has 1 aliphatic rings. The number of hydrogen-bond donors (Lipinski definition) is 0. The van der Waals surface area contributed by atoms with Crippen LogP contribution in [0.5, 0.6) is 0 Å². The minimum atomic E-state index is -0.338. The molecule has 1 aliphatic carbocycles. The summed E-state index contributed by atoms with van der Waals surface area (Å²) in [5, 5.41) is 0. The van der Waals surface area contributed by atoms with Gasteiger partial charge in [0.05, 0.1) is 25.6 Å². The normalized spacial score (nSPS) is 24.6. The van der Waals surface area contributed by atoms with Gasteiger partial charge in [-0.3, -0.25) is 9.59 Å². The van der Waals surface area contributed by atoms with Crippen LogP contribution in [0.15, 0.2) is 0 Å². The minimum absolute atomic E-state index is 0.148. The van der Waals surface area contributed by atoms with Crippen LogP contribution in [0.2, 0.25) is 0 Å². The Hall–Kier alpha value is -0.630. The fourth-order valence-electron chi connectivity index (χ4n) is 2.51.